The van der Waals surface area contributed by atoms with Crippen molar-refractivity contribution in [1.82, 2.24) is 15.2 Å². The molecular weight excluding hydrogens is 599 g/mol. The topological polar surface area (TPSA) is 88.6 Å². The molecule has 1 fully saturated rings. The summed E-state index contributed by atoms with van der Waals surface area (Å²) >= 11 is 1.65. The number of esters is 1. The van der Waals surface area contributed by atoms with Crippen LogP contribution < -0.4 is 5.32 Å². The third-order valence-corrected chi connectivity index (χ3v) is 7.14. The number of nitrogens with zero attached hydrogens (tertiary/aromatic N) is 2. The maximum absolute atomic E-state index is 10.3. The number of carbonyl (C=O) groups excluding carboxylic acids is 3. The molecule has 7 nitrogen and oxygen atoms in total. The molecule has 1 aromatic carbocycles. The molecule has 1 aliphatic rings. The SMILES string of the molecule is CC(C)(C)CC=O.CC1CCCN1C.Cc1cc(-c2scnc2C)ccc1CNC=O.[CH2-]CCCC(=O)OC.[Y]. The molecule has 0 saturated carbocycles. The minimum absolute atomic E-state index is 0. The predicted octanol–water partition coefficient (Wildman–Crippen LogP) is 6.56. The van der Waals surface area contributed by atoms with E-state index in [0.29, 0.717) is 19.4 Å². The Bertz CT molecular complexity index is 968. The van der Waals surface area contributed by atoms with E-state index in [2.05, 4.69) is 66.0 Å². The van der Waals surface area contributed by atoms with Crippen molar-refractivity contribution in [3.05, 3.63) is 47.5 Å². The van der Waals surface area contributed by atoms with Crippen LogP contribution in [0.3, 0.4) is 0 Å². The molecule has 1 aromatic heterocycles. The first-order valence-corrected chi connectivity index (χ1v) is 14.4. The van der Waals surface area contributed by atoms with Crippen LogP contribution in [0.25, 0.3) is 10.4 Å². The number of benzene rings is 1. The number of nitrogens with one attached hydrogen (secondary N) is 1. The zero-order valence-electron chi connectivity index (χ0n) is 25.9. The minimum atomic E-state index is -0.145. The summed E-state index contributed by atoms with van der Waals surface area (Å²) in [5.41, 5.74) is 6.63. The Labute approximate surface area is 272 Å². The summed E-state index contributed by atoms with van der Waals surface area (Å²) in [6.45, 7) is 18.0. The van der Waals surface area contributed by atoms with Crippen LogP contribution in [-0.4, -0.2) is 55.3 Å². The van der Waals surface area contributed by atoms with Crippen molar-refractivity contribution in [2.45, 2.75) is 92.7 Å². The second-order valence-electron chi connectivity index (χ2n) is 10.8. The summed E-state index contributed by atoms with van der Waals surface area (Å²) in [4.78, 5) is 38.3. The number of unbranched alkanes of at least 4 members (excludes halogenated alkanes) is 1. The number of carbonyl (C=O) groups is 3. The molecule has 9 heteroatoms. The molecule has 2 heterocycles. The van der Waals surface area contributed by atoms with Gasteiger partial charge >= 0.3 is 5.97 Å². The molecule has 1 amide bonds. The maximum atomic E-state index is 10.3. The Kier molecular flexibility index (Phi) is 23.5. The summed E-state index contributed by atoms with van der Waals surface area (Å²) in [7, 11) is 3.59. The number of thiazole rings is 1. The summed E-state index contributed by atoms with van der Waals surface area (Å²) in [5, 5.41) is 2.68. The fraction of sp³-hybridized carbons (Fsp3) is 0.581. The average molecular weight is 650 g/mol. The Hall–Kier alpha value is -1.48. The van der Waals surface area contributed by atoms with Crippen LogP contribution in [0, 0.1) is 26.2 Å². The molecule has 223 valence electrons. The molecular formula is C31H50N3O4SY-. The quantitative estimate of drug-likeness (QED) is 0.198. The second-order valence-corrected chi connectivity index (χ2v) is 11.7. The van der Waals surface area contributed by atoms with Gasteiger partial charge in [-0.25, -0.2) is 4.98 Å². The van der Waals surface area contributed by atoms with Crippen molar-refractivity contribution in [2.75, 3.05) is 20.7 Å². The van der Waals surface area contributed by atoms with Crippen molar-refractivity contribution in [2.24, 2.45) is 5.41 Å². The number of ether oxygens (including phenoxy) is 1. The smallest absolute Gasteiger partial charge is 0.305 e. The van der Waals surface area contributed by atoms with Gasteiger partial charge < -0.3 is 26.7 Å². The molecule has 0 bridgehead atoms. The van der Waals surface area contributed by atoms with Crippen molar-refractivity contribution in [3.63, 3.8) is 0 Å². The van der Waals surface area contributed by atoms with Gasteiger partial charge in [-0.15, -0.1) is 11.3 Å². The van der Waals surface area contributed by atoms with E-state index in [9.17, 15) is 14.4 Å². The van der Waals surface area contributed by atoms with Crippen LogP contribution in [-0.2, 0) is 58.4 Å². The molecule has 1 aliphatic heterocycles. The van der Waals surface area contributed by atoms with Crippen LogP contribution >= 0.6 is 11.3 Å². The van der Waals surface area contributed by atoms with Crippen LogP contribution in [0.5, 0.6) is 0 Å². The molecule has 1 radical (unpaired) electrons. The summed E-state index contributed by atoms with van der Waals surface area (Å²) in [6.07, 6.45) is 7.27. The Balaban J connectivity index is 0. The Morgan fingerprint density at radius 1 is 1.27 bits per heavy atom. The van der Waals surface area contributed by atoms with Crippen LogP contribution in [0.4, 0.5) is 0 Å². The number of aromatic nitrogens is 1. The summed E-state index contributed by atoms with van der Waals surface area (Å²) in [6, 6.07) is 7.12. The number of likely N-dealkylation sites (tertiary alicyclic amines) is 1. The Morgan fingerprint density at radius 2 is 1.95 bits per heavy atom. The first-order chi connectivity index (χ1) is 18.4. The van der Waals surface area contributed by atoms with E-state index < -0.39 is 0 Å². The van der Waals surface area contributed by atoms with Gasteiger partial charge in [0.1, 0.15) is 6.29 Å². The van der Waals surface area contributed by atoms with Crippen LogP contribution in [0.1, 0.15) is 83.0 Å². The van der Waals surface area contributed by atoms with Crippen molar-refractivity contribution in [1.29, 1.82) is 0 Å². The van der Waals surface area contributed by atoms with Crippen molar-refractivity contribution in [3.8, 4) is 10.4 Å². The van der Waals surface area contributed by atoms with E-state index in [-0.39, 0.29) is 44.1 Å². The summed E-state index contributed by atoms with van der Waals surface area (Å²) < 4.78 is 4.39. The Morgan fingerprint density at radius 3 is 2.30 bits per heavy atom. The van der Waals surface area contributed by atoms with E-state index in [4.69, 9.17) is 0 Å². The van der Waals surface area contributed by atoms with Gasteiger partial charge in [0, 0.05) is 58.1 Å². The van der Waals surface area contributed by atoms with Gasteiger partial charge in [0.2, 0.25) is 6.41 Å². The third kappa shape index (κ3) is 18.8. The molecule has 40 heavy (non-hydrogen) atoms. The number of hydrogen-bond donors (Lipinski definition) is 1. The molecule has 1 atom stereocenters. The van der Waals surface area contributed by atoms with Crippen LogP contribution in [0.15, 0.2) is 23.7 Å². The predicted molar refractivity (Wildman–Crippen MR) is 163 cm³/mol. The van der Waals surface area contributed by atoms with Gasteiger partial charge in [0.25, 0.3) is 0 Å². The van der Waals surface area contributed by atoms with Crippen molar-refractivity contribution < 1.29 is 51.8 Å². The first kappa shape index (κ1) is 40.7. The van der Waals surface area contributed by atoms with Gasteiger partial charge in [-0.2, -0.15) is 6.42 Å². The number of aryl methyl sites for hydroxylation is 2. The molecule has 2 aromatic rings. The minimum Gasteiger partial charge on any atom is -0.469 e. The van der Waals surface area contributed by atoms with Gasteiger partial charge in [-0.05, 0) is 69.3 Å². The van der Waals surface area contributed by atoms with E-state index in [1.807, 2.05) is 33.2 Å². The number of methoxy groups -OCH3 is 1. The van der Waals surface area contributed by atoms with Crippen molar-refractivity contribution >= 4 is 30.0 Å². The summed E-state index contributed by atoms with van der Waals surface area (Å²) in [5.74, 6) is -0.145. The molecule has 1 saturated heterocycles. The third-order valence-electron chi connectivity index (χ3n) is 6.17. The molecule has 3 rings (SSSR count). The fourth-order valence-electron chi connectivity index (χ4n) is 3.46. The number of amides is 1. The number of aldehydes is 1. The second kappa shape index (κ2) is 23.1. The van der Waals surface area contributed by atoms with Gasteiger partial charge in [0.15, 0.2) is 0 Å². The number of hydrogen-bond acceptors (Lipinski definition) is 7. The normalized spacial score (nSPS) is 14.1. The van der Waals surface area contributed by atoms with E-state index in [1.165, 1.54) is 42.5 Å². The van der Waals surface area contributed by atoms with E-state index in [0.717, 1.165) is 42.8 Å². The average Bonchev–Trinajstić information content (AvgIpc) is 3.49. The molecule has 0 aliphatic carbocycles. The fourth-order valence-corrected chi connectivity index (χ4v) is 4.27. The number of rotatable bonds is 8. The monoisotopic (exact) mass is 649 g/mol. The van der Waals surface area contributed by atoms with E-state index >= 15 is 0 Å². The van der Waals surface area contributed by atoms with Gasteiger partial charge in [0.05, 0.1) is 23.2 Å². The largest absolute Gasteiger partial charge is 0.469 e. The zero-order chi connectivity index (χ0) is 29.8. The first-order valence-electron chi connectivity index (χ1n) is 13.6. The van der Waals surface area contributed by atoms with Gasteiger partial charge in [-0.3, -0.25) is 9.59 Å². The zero-order valence-corrected chi connectivity index (χ0v) is 29.6. The van der Waals surface area contributed by atoms with Gasteiger partial charge in [-0.1, -0.05) is 45.4 Å². The maximum Gasteiger partial charge on any atom is 0.305 e. The van der Waals surface area contributed by atoms with E-state index in [1.54, 1.807) is 11.3 Å². The van der Waals surface area contributed by atoms with Crippen LogP contribution in [0.2, 0.25) is 0 Å². The molecule has 1 N–H and O–H groups in total. The molecule has 1 unspecified atom stereocenters. The molecule has 0 spiro atoms. The standard InChI is InChI=1S/C13H14N2OS.C6H13N.C6H11O2.C6H12O.Y/c1-9-5-11(13-10(2)15-8-17-13)3-4-12(9)6-14-7-16;1-6-4-3-5-7(6)2;1-3-4-5-6(7)8-2;1-6(2,3)4-5-7;/h3-5,7-8H,6H2,1-2H3,(H,14,16);6H,3-5H2,1-2H3;1,3-5H2,2H3;5H,4H2,1-3H3;/q;;-1;;.